The fourth-order valence-electron chi connectivity index (χ4n) is 3.88. The molecule has 1 aliphatic carbocycles. The number of nitrogens with zero attached hydrogens (tertiary/aromatic N) is 3. The molecular formula is C18H27F2N3O2. The first kappa shape index (κ1) is 18.3. The van der Waals surface area contributed by atoms with Gasteiger partial charge in [-0.25, -0.2) is 13.8 Å². The maximum absolute atomic E-state index is 13.3. The highest BCUT2D eigenvalue weighted by Gasteiger charge is 2.35. The Morgan fingerprint density at radius 3 is 2.56 bits per heavy atom. The summed E-state index contributed by atoms with van der Waals surface area (Å²) in [5, 5.41) is 0. The Balaban J connectivity index is 1.52. The molecule has 1 aromatic heterocycles. The molecular weight excluding hydrogens is 328 g/mol. The summed E-state index contributed by atoms with van der Waals surface area (Å²) in [7, 11) is 0. The van der Waals surface area contributed by atoms with E-state index in [2.05, 4.69) is 9.88 Å². The van der Waals surface area contributed by atoms with Gasteiger partial charge in [0.15, 0.2) is 5.89 Å². The minimum Gasteiger partial charge on any atom is -0.436 e. The van der Waals surface area contributed by atoms with E-state index in [1.165, 1.54) is 0 Å². The highest BCUT2D eigenvalue weighted by atomic mass is 19.3. The van der Waals surface area contributed by atoms with Gasteiger partial charge in [-0.1, -0.05) is 0 Å². The van der Waals surface area contributed by atoms with Gasteiger partial charge in [0.2, 0.25) is 11.7 Å². The summed E-state index contributed by atoms with van der Waals surface area (Å²) in [5.74, 6) is -1.38. The standard InChI is InChI=1S/C18H27F2N3O2/c1-13-16(25-14(2)21-13)17(24)23-9-3-8-22(10-11-23)12-15-4-6-18(19,20)7-5-15/h15H,3-12H2,1-2H3. The molecule has 0 aromatic carbocycles. The third kappa shape index (κ3) is 4.57. The van der Waals surface area contributed by atoms with Gasteiger partial charge in [-0.2, -0.15) is 0 Å². The van der Waals surface area contributed by atoms with E-state index in [0.717, 1.165) is 26.1 Å². The van der Waals surface area contributed by atoms with Crippen molar-refractivity contribution in [2.45, 2.75) is 51.9 Å². The van der Waals surface area contributed by atoms with Crippen LogP contribution in [0.4, 0.5) is 8.78 Å². The van der Waals surface area contributed by atoms with Gasteiger partial charge in [0.1, 0.15) is 0 Å². The molecule has 2 fully saturated rings. The molecule has 1 saturated heterocycles. The number of hydrogen-bond donors (Lipinski definition) is 0. The lowest BCUT2D eigenvalue weighted by atomic mass is 9.86. The first-order valence-electron chi connectivity index (χ1n) is 9.17. The van der Waals surface area contributed by atoms with Gasteiger partial charge in [0.25, 0.3) is 5.91 Å². The lowest BCUT2D eigenvalue weighted by molar-refractivity contribution is -0.0487. The summed E-state index contributed by atoms with van der Waals surface area (Å²) < 4.78 is 32.0. The molecule has 0 N–H and O–H groups in total. The molecule has 0 spiro atoms. The Kier molecular flexibility index (Phi) is 5.41. The SMILES string of the molecule is Cc1nc(C)c(C(=O)N2CCCN(CC3CCC(F)(F)CC3)CC2)o1. The van der Waals surface area contributed by atoms with E-state index in [1.54, 1.807) is 13.8 Å². The lowest BCUT2D eigenvalue weighted by Gasteiger charge is -2.32. The number of aryl methyl sites for hydroxylation is 2. The van der Waals surface area contributed by atoms with Crippen molar-refractivity contribution in [2.24, 2.45) is 5.92 Å². The van der Waals surface area contributed by atoms with E-state index in [-0.39, 0.29) is 18.7 Å². The molecule has 2 heterocycles. The highest BCUT2D eigenvalue weighted by molar-refractivity contribution is 5.92. The normalized spacial score (nSPS) is 22.8. The van der Waals surface area contributed by atoms with Crippen LogP contribution in [0, 0.1) is 19.8 Å². The molecule has 1 amide bonds. The second-order valence-electron chi connectivity index (χ2n) is 7.39. The average molecular weight is 355 g/mol. The zero-order chi connectivity index (χ0) is 18.0. The molecule has 5 nitrogen and oxygen atoms in total. The lowest BCUT2D eigenvalue weighted by Crippen LogP contribution is -2.38. The molecule has 1 saturated carbocycles. The second-order valence-corrected chi connectivity index (χ2v) is 7.39. The molecule has 25 heavy (non-hydrogen) atoms. The third-order valence-corrected chi connectivity index (χ3v) is 5.33. The molecule has 1 aliphatic heterocycles. The van der Waals surface area contributed by atoms with E-state index in [4.69, 9.17) is 4.42 Å². The molecule has 0 radical (unpaired) electrons. The van der Waals surface area contributed by atoms with E-state index in [1.807, 2.05) is 4.90 Å². The van der Waals surface area contributed by atoms with E-state index < -0.39 is 5.92 Å². The van der Waals surface area contributed by atoms with Crippen LogP contribution in [0.3, 0.4) is 0 Å². The predicted molar refractivity (Wildman–Crippen MR) is 89.8 cm³/mol. The van der Waals surface area contributed by atoms with Gasteiger partial charge in [0, 0.05) is 45.9 Å². The molecule has 7 heteroatoms. The smallest absolute Gasteiger partial charge is 0.291 e. The van der Waals surface area contributed by atoms with Crippen LogP contribution >= 0.6 is 0 Å². The highest BCUT2D eigenvalue weighted by Crippen LogP contribution is 2.36. The van der Waals surface area contributed by atoms with Crippen LogP contribution in [-0.4, -0.2) is 59.3 Å². The minimum absolute atomic E-state index is 0.0141. The fourth-order valence-corrected chi connectivity index (χ4v) is 3.88. The molecule has 3 rings (SSSR count). The van der Waals surface area contributed by atoms with Crippen molar-refractivity contribution in [1.82, 2.24) is 14.8 Å². The largest absolute Gasteiger partial charge is 0.436 e. The maximum atomic E-state index is 13.3. The van der Waals surface area contributed by atoms with Crippen molar-refractivity contribution in [3.63, 3.8) is 0 Å². The summed E-state index contributed by atoms with van der Waals surface area (Å²) in [5.41, 5.74) is 0.631. The number of halogens is 2. The summed E-state index contributed by atoms with van der Waals surface area (Å²) in [6.45, 7) is 7.40. The summed E-state index contributed by atoms with van der Waals surface area (Å²) in [6, 6.07) is 0. The van der Waals surface area contributed by atoms with Crippen molar-refractivity contribution in [3.05, 3.63) is 17.3 Å². The summed E-state index contributed by atoms with van der Waals surface area (Å²) in [4.78, 5) is 21.0. The molecule has 140 valence electrons. The van der Waals surface area contributed by atoms with Crippen LogP contribution in [0.5, 0.6) is 0 Å². The van der Waals surface area contributed by atoms with Crippen molar-refractivity contribution < 1.29 is 18.0 Å². The van der Waals surface area contributed by atoms with Crippen LogP contribution in [0.15, 0.2) is 4.42 Å². The quantitative estimate of drug-likeness (QED) is 0.835. The Morgan fingerprint density at radius 1 is 1.20 bits per heavy atom. The monoisotopic (exact) mass is 355 g/mol. The molecule has 0 atom stereocenters. The first-order valence-corrected chi connectivity index (χ1v) is 9.17. The molecule has 1 aromatic rings. The third-order valence-electron chi connectivity index (χ3n) is 5.33. The van der Waals surface area contributed by atoms with E-state index >= 15 is 0 Å². The maximum Gasteiger partial charge on any atom is 0.291 e. The predicted octanol–water partition coefficient (Wildman–Crippen LogP) is 3.26. The van der Waals surface area contributed by atoms with Gasteiger partial charge in [-0.05, 0) is 38.6 Å². The average Bonchev–Trinajstić information content (AvgIpc) is 2.75. The second kappa shape index (κ2) is 7.40. The number of oxazole rings is 1. The fraction of sp³-hybridized carbons (Fsp3) is 0.778. The topological polar surface area (TPSA) is 49.6 Å². The van der Waals surface area contributed by atoms with Gasteiger partial charge in [0.05, 0.1) is 5.69 Å². The molecule has 0 bridgehead atoms. The zero-order valence-corrected chi connectivity index (χ0v) is 15.1. The van der Waals surface area contributed by atoms with Crippen LogP contribution < -0.4 is 0 Å². The van der Waals surface area contributed by atoms with Gasteiger partial charge >= 0.3 is 0 Å². The number of rotatable bonds is 3. The number of alkyl halides is 2. The summed E-state index contributed by atoms with van der Waals surface area (Å²) in [6.07, 6.45) is 2.12. The first-order chi connectivity index (χ1) is 11.8. The number of hydrogen-bond acceptors (Lipinski definition) is 4. The van der Waals surface area contributed by atoms with Gasteiger partial charge in [-0.15, -0.1) is 0 Å². The molecule has 0 unspecified atom stereocenters. The Morgan fingerprint density at radius 2 is 1.92 bits per heavy atom. The van der Waals surface area contributed by atoms with Gasteiger partial charge in [-0.3, -0.25) is 4.79 Å². The van der Waals surface area contributed by atoms with Gasteiger partial charge < -0.3 is 14.2 Å². The van der Waals surface area contributed by atoms with Crippen LogP contribution in [0.2, 0.25) is 0 Å². The Labute approximate surface area is 147 Å². The molecule has 2 aliphatic rings. The van der Waals surface area contributed by atoms with Crippen molar-refractivity contribution in [1.29, 1.82) is 0 Å². The van der Waals surface area contributed by atoms with Crippen molar-refractivity contribution in [2.75, 3.05) is 32.7 Å². The van der Waals surface area contributed by atoms with Crippen LogP contribution in [0.1, 0.15) is 54.2 Å². The summed E-state index contributed by atoms with van der Waals surface area (Å²) >= 11 is 0. The van der Waals surface area contributed by atoms with Crippen molar-refractivity contribution in [3.8, 4) is 0 Å². The van der Waals surface area contributed by atoms with Crippen LogP contribution in [0.25, 0.3) is 0 Å². The number of amides is 1. The number of aromatic nitrogens is 1. The van der Waals surface area contributed by atoms with E-state index in [9.17, 15) is 13.6 Å². The Bertz CT molecular complexity index is 607. The van der Waals surface area contributed by atoms with E-state index in [0.29, 0.717) is 49.2 Å². The zero-order valence-electron chi connectivity index (χ0n) is 15.1. The minimum atomic E-state index is -2.47. The Hall–Kier alpha value is -1.50. The van der Waals surface area contributed by atoms with Crippen LogP contribution in [-0.2, 0) is 0 Å². The number of carbonyl (C=O) groups excluding carboxylic acids is 1. The number of carbonyl (C=O) groups is 1. The van der Waals surface area contributed by atoms with Crippen molar-refractivity contribution >= 4 is 5.91 Å².